The van der Waals surface area contributed by atoms with Crippen LogP contribution in [0.2, 0.25) is 0 Å². The van der Waals surface area contributed by atoms with E-state index in [1.807, 2.05) is 0 Å². The molecule has 28 heavy (non-hydrogen) atoms. The van der Waals surface area contributed by atoms with Gasteiger partial charge in [0.1, 0.15) is 37.3 Å². The topological polar surface area (TPSA) is 99.6 Å². The summed E-state index contributed by atoms with van der Waals surface area (Å²) in [5.41, 5.74) is -0.291. The number of hydrogen-bond acceptors (Lipinski definition) is 7. The lowest BCUT2D eigenvalue weighted by Gasteiger charge is -2.16. The van der Waals surface area contributed by atoms with E-state index < -0.39 is 41.8 Å². The van der Waals surface area contributed by atoms with Gasteiger partial charge in [0.2, 0.25) is 11.8 Å². The van der Waals surface area contributed by atoms with Gasteiger partial charge in [0.25, 0.3) is 5.56 Å². The number of rotatable bonds is 6. The summed E-state index contributed by atoms with van der Waals surface area (Å²) in [5.74, 6) is -0.503. The molecule has 1 N–H and O–H groups in total. The summed E-state index contributed by atoms with van der Waals surface area (Å²) in [4.78, 5) is 38.4. The molecule has 1 aromatic carbocycles. The molecule has 0 aliphatic carbocycles. The number of carbonyl (C=O) groups is 1. The normalized spacial score (nSPS) is 22.1. The fourth-order valence-corrected chi connectivity index (χ4v) is 3.52. The summed E-state index contributed by atoms with van der Waals surface area (Å²) >= 11 is 9.00. The number of ether oxygens (including phenoxy) is 2. The Kier molecular flexibility index (Phi) is 6.79. The lowest BCUT2D eigenvalue weighted by molar-refractivity contribution is -0.0456. The van der Waals surface area contributed by atoms with Crippen molar-refractivity contribution in [3.63, 3.8) is 0 Å². The molecule has 0 spiro atoms. The maximum Gasteiger partial charge on any atom is 0.411 e. The van der Waals surface area contributed by atoms with Gasteiger partial charge < -0.3 is 9.47 Å². The standard InChI is InChI=1S/C17H17N2O6PS2/c1-10-8-19(17(22)18-15(10)20)14-7-12(13(24-14)9-23-26(27)28)25-16(21)11-5-3-2-4-6-11/h2-6,8,12-14H,7,9H2,1H3,(H-,18,20,22,27,28)/p+1/t12-,13+,14+/m0/s1. The summed E-state index contributed by atoms with van der Waals surface area (Å²) < 4.78 is 18.2. The van der Waals surface area contributed by atoms with Crippen LogP contribution < -0.4 is 11.2 Å². The first-order valence-corrected chi connectivity index (χ1v) is 11.8. The zero-order chi connectivity index (χ0) is 20.3. The number of hydrogen-bond donors (Lipinski definition) is 2. The van der Waals surface area contributed by atoms with Crippen LogP contribution in [0.25, 0.3) is 0 Å². The number of aromatic nitrogens is 2. The minimum atomic E-state index is -1.34. The van der Waals surface area contributed by atoms with Crippen molar-refractivity contribution in [1.82, 2.24) is 9.55 Å². The van der Waals surface area contributed by atoms with E-state index in [-0.39, 0.29) is 13.0 Å². The van der Waals surface area contributed by atoms with E-state index in [0.717, 1.165) is 0 Å². The van der Waals surface area contributed by atoms with Gasteiger partial charge in [0.05, 0.1) is 5.56 Å². The second-order valence-corrected chi connectivity index (χ2v) is 9.82. The van der Waals surface area contributed by atoms with Gasteiger partial charge in [-0.25, -0.2) is 9.59 Å². The first-order chi connectivity index (χ1) is 13.3. The Hall–Kier alpha value is -1.84. The molecule has 1 aromatic heterocycles. The number of thiol groups is 1. The van der Waals surface area contributed by atoms with Crippen LogP contribution in [0, 0.1) is 6.92 Å². The SMILES string of the molecule is Cc1cn([C@H]2C[C@H](OC(=O)c3ccccc3)[C@@H](CO[P+](=S)S)O2)c(=O)[nH]c1=O. The molecule has 1 fully saturated rings. The lowest BCUT2D eigenvalue weighted by atomic mass is 10.1. The fourth-order valence-electron chi connectivity index (χ4n) is 2.86. The highest BCUT2D eigenvalue weighted by Crippen LogP contribution is 2.34. The van der Waals surface area contributed by atoms with Gasteiger partial charge in [-0.2, -0.15) is 4.52 Å². The maximum atomic E-state index is 12.4. The number of H-pyrrole nitrogens is 1. The largest absolute Gasteiger partial charge is 0.456 e. The Morgan fingerprint density at radius 1 is 1.39 bits per heavy atom. The van der Waals surface area contributed by atoms with Crippen molar-refractivity contribution in [1.29, 1.82) is 0 Å². The van der Waals surface area contributed by atoms with Crippen LogP contribution in [0.4, 0.5) is 0 Å². The van der Waals surface area contributed by atoms with Gasteiger partial charge in [-0.05, 0) is 19.1 Å². The van der Waals surface area contributed by atoms with Crippen LogP contribution >= 0.6 is 18.4 Å². The van der Waals surface area contributed by atoms with Gasteiger partial charge in [-0.3, -0.25) is 14.3 Å². The molecule has 4 atom stereocenters. The predicted molar refractivity (Wildman–Crippen MR) is 109 cm³/mol. The van der Waals surface area contributed by atoms with Crippen molar-refractivity contribution in [3.05, 3.63) is 68.5 Å². The smallest absolute Gasteiger partial charge is 0.411 e. The summed E-state index contributed by atoms with van der Waals surface area (Å²) in [5, 5.41) is 0. The molecule has 3 rings (SSSR count). The van der Waals surface area contributed by atoms with Gasteiger partial charge in [0, 0.05) is 18.2 Å². The van der Waals surface area contributed by atoms with Crippen LogP contribution in [0.1, 0.15) is 28.6 Å². The molecule has 148 valence electrons. The highest BCUT2D eigenvalue weighted by atomic mass is 32.9. The van der Waals surface area contributed by atoms with Crippen LogP contribution in [-0.2, 0) is 25.8 Å². The van der Waals surface area contributed by atoms with Gasteiger partial charge in [0.15, 0.2) is 0 Å². The second-order valence-electron chi connectivity index (χ2n) is 6.19. The summed E-state index contributed by atoms with van der Waals surface area (Å²) in [6.07, 6.45) is -1.71. The number of aryl methyl sites for hydroxylation is 1. The Bertz CT molecular complexity index is 993. The number of nitrogens with one attached hydrogen (secondary N) is 1. The Morgan fingerprint density at radius 2 is 2.11 bits per heavy atom. The minimum absolute atomic E-state index is 0.0685. The molecule has 1 aliphatic heterocycles. The zero-order valence-electron chi connectivity index (χ0n) is 14.8. The molecule has 8 nitrogen and oxygen atoms in total. The maximum absolute atomic E-state index is 12.4. The van der Waals surface area contributed by atoms with E-state index in [9.17, 15) is 14.4 Å². The van der Waals surface area contributed by atoms with Crippen molar-refractivity contribution < 1.29 is 18.8 Å². The third-order valence-electron chi connectivity index (χ3n) is 4.25. The van der Waals surface area contributed by atoms with Crippen molar-refractivity contribution in [2.45, 2.75) is 31.8 Å². The number of esters is 1. The predicted octanol–water partition coefficient (Wildman–Crippen LogP) is 2.08. The summed E-state index contributed by atoms with van der Waals surface area (Å²) in [6.45, 7) is 1.65. The Morgan fingerprint density at radius 3 is 2.79 bits per heavy atom. The van der Waals surface area contributed by atoms with Crippen LogP contribution in [-0.4, -0.2) is 34.3 Å². The van der Waals surface area contributed by atoms with Crippen LogP contribution in [0.15, 0.2) is 46.1 Å². The van der Waals surface area contributed by atoms with Gasteiger partial charge in [-0.15, -0.1) is 0 Å². The number of benzene rings is 1. The molecule has 1 aliphatic rings. The van der Waals surface area contributed by atoms with Gasteiger partial charge in [-0.1, -0.05) is 18.2 Å². The molecule has 1 unspecified atom stereocenters. The fraction of sp³-hybridized carbons (Fsp3) is 0.353. The second kappa shape index (κ2) is 9.11. The van der Waals surface area contributed by atoms with E-state index in [0.29, 0.717) is 11.1 Å². The first-order valence-electron chi connectivity index (χ1n) is 8.37. The van der Waals surface area contributed by atoms with E-state index in [2.05, 4.69) is 17.2 Å². The average molecular weight is 441 g/mol. The average Bonchev–Trinajstić information content (AvgIpc) is 3.06. The molecule has 0 saturated carbocycles. The van der Waals surface area contributed by atoms with E-state index in [1.54, 1.807) is 37.3 Å². The van der Waals surface area contributed by atoms with Crippen molar-refractivity contribution in [3.8, 4) is 0 Å². The highest BCUT2D eigenvalue weighted by Gasteiger charge is 2.40. The molecule has 11 heteroatoms. The quantitative estimate of drug-likeness (QED) is 0.402. The molecule has 2 aromatic rings. The number of nitrogens with zero attached hydrogens (tertiary/aromatic N) is 1. The number of aromatic amines is 1. The molecule has 0 amide bonds. The Labute approximate surface area is 171 Å². The molecule has 0 radical (unpaired) electrons. The third-order valence-corrected chi connectivity index (χ3v) is 5.29. The molecular weight excluding hydrogens is 423 g/mol. The number of carbonyl (C=O) groups excluding carboxylic acids is 1. The summed E-state index contributed by atoms with van der Waals surface area (Å²) in [7, 11) is 0. The molecule has 0 bridgehead atoms. The first kappa shape index (κ1) is 20.9. The van der Waals surface area contributed by atoms with Crippen molar-refractivity contribution >= 4 is 36.2 Å². The summed E-state index contributed by atoms with van der Waals surface area (Å²) in [6, 6.07) is 8.56. The lowest BCUT2D eigenvalue weighted by Crippen LogP contribution is -2.33. The zero-order valence-corrected chi connectivity index (χ0v) is 17.4. The third kappa shape index (κ3) is 4.95. The molecule has 2 heterocycles. The monoisotopic (exact) mass is 441 g/mol. The Balaban J connectivity index is 1.82. The van der Waals surface area contributed by atoms with E-state index in [4.69, 9.17) is 25.8 Å². The highest BCUT2D eigenvalue weighted by molar-refractivity contribution is 8.54. The molecular formula is C17H18N2O6PS2+. The van der Waals surface area contributed by atoms with Crippen LogP contribution in [0.5, 0.6) is 0 Å². The molecule has 1 saturated heterocycles. The van der Waals surface area contributed by atoms with Crippen LogP contribution in [0.3, 0.4) is 0 Å². The van der Waals surface area contributed by atoms with Crippen molar-refractivity contribution in [2.75, 3.05) is 6.61 Å². The van der Waals surface area contributed by atoms with E-state index in [1.165, 1.54) is 10.8 Å². The van der Waals surface area contributed by atoms with Gasteiger partial charge >= 0.3 is 17.8 Å². The van der Waals surface area contributed by atoms with Crippen molar-refractivity contribution in [2.24, 2.45) is 0 Å². The minimum Gasteiger partial charge on any atom is -0.456 e. The van der Waals surface area contributed by atoms with E-state index >= 15 is 0 Å².